The van der Waals surface area contributed by atoms with Crippen LogP contribution in [0.4, 0.5) is 4.39 Å². The van der Waals surface area contributed by atoms with Gasteiger partial charge in [0, 0.05) is 24.7 Å². The Morgan fingerprint density at radius 3 is 2.83 bits per heavy atom. The quantitative estimate of drug-likeness (QED) is 0.860. The molecule has 1 aromatic carbocycles. The van der Waals surface area contributed by atoms with Crippen LogP contribution in [0.1, 0.15) is 25.8 Å². The highest BCUT2D eigenvalue weighted by Crippen LogP contribution is 2.20. The standard InChI is InChI=1S/C14H21FN2O/c1-14(2)7-11(9-17-14)16-8-10-4-5-13(18-3)12(15)6-10/h4-6,11,16-17H,7-9H2,1-3H3. The van der Waals surface area contributed by atoms with Gasteiger partial charge in [-0.3, -0.25) is 0 Å². The van der Waals surface area contributed by atoms with Gasteiger partial charge in [0.1, 0.15) is 0 Å². The van der Waals surface area contributed by atoms with E-state index in [1.54, 1.807) is 6.07 Å². The van der Waals surface area contributed by atoms with Crippen molar-refractivity contribution >= 4 is 0 Å². The summed E-state index contributed by atoms with van der Waals surface area (Å²) in [5.41, 5.74) is 1.14. The van der Waals surface area contributed by atoms with Gasteiger partial charge in [0.05, 0.1) is 7.11 Å². The third kappa shape index (κ3) is 3.21. The van der Waals surface area contributed by atoms with Gasteiger partial charge < -0.3 is 15.4 Å². The summed E-state index contributed by atoms with van der Waals surface area (Å²) >= 11 is 0. The first-order valence-electron chi connectivity index (χ1n) is 6.31. The van der Waals surface area contributed by atoms with Crippen LogP contribution in [-0.2, 0) is 6.54 Å². The zero-order valence-corrected chi connectivity index (χ0v) is 11.2. The van der Waals surface area contributed by atoms with Crippen molar-refractivity contribution in [1.82, 2.24) is 10.6 Å². The van der Waals surface area contributed by atoms with Crippen molar-refractivity contribution in [3.05, 3.63) is 29.6 Å². The highest BCUT2D eigenvalue weighted by atomic mass is 19.1. The molecule has 0 spiro atoms. The van der Waals surface area contributed by atoms with Crippen LogP contribution in [0.15, 0.2) is 18.2 Å². The van der Waals surface area contributed by atoms with Gasteiger partial charge in [-0.25, -0.2) is 4.39 Å². The normalized spacial score (nSPS) is 22.1. The molecule has 1 saturated heterocycles. The Hall–Kier alpha value is -1.13. The van der Waals surface area contributed by atoms with Crippen molar-refractivity contribution in [2.24, 2.45) is 0 Å². The van der Waals surface area contributed by atoms with E-state index in [1.807, 2.05) is 6.07 Å². The number of methoxy groups -OCH3 is 1. The van der Waals surface area contributed by atoms with Crippen molar-refractivity contribution in [3.63, 3.8) is 0 Å². The summed E-state index contributed by atoms with van der Waals surface area (Å²) in [5, 5.41) is 6.90. The first-order chi connectivity index (χ1) is 8.50. The van der Waals surface area contributed by atoms with E-state index in [9.17, 15) is 4.39 Å². The van der Waals surface area contributed by atoms with Crippen LogP contribution in [0.25, 0.3) is 0 Å². The Balaban J connectivity index is 1.89. The van der Waals surface area contributed by atoms with Crippen molar-refractivity contribution in [3.8, 4) is 5.75 Å². The van der Waals surface area contributed by atoms with Gasteiger partial charge in [0.2, 0.25) is 0 Å². The topological polar surface area (TPSA) is 33.3 Å². The molecule has 1 heterocycles. The number of rotatable bonds is 4. The van der Waals surface area contributed by atoms with Crippen molar-refractivity contribution in [2.75, 3.05) is 13.7 Å². The molecule has 4 heteroatoms. The van der Waals surface area contributed by atoms with E-state index in [-0.39, 0.29) is 11.4 Å². The minimum atomic E-state index is -0.304. The second-order valence-electron chi connectivity index (χ2n) is 5.52. The van der Waals surface area contributed by atoms with Crippen molar-refractivity contribution in [1.29, 1.82) is 0 Å². The van der Waals surface area contributed by atoms with E-state index in [1.165, 1.54) is 13.2 Å². The first-order valence-corrected chi connectivity index (χ1v) is 6.31. The SMILES string of the molecule is COc1ccc(CNC2CNC(C)(C)C2)cc1F. The third-order valence-electron chi connectivity index (χ3n) is 3.39. The summed E-state index contributed by atoms with van der Waals surface area (Å²) in [6.45, 7) is 6.04. The molecule has 100 valence electrons. The van der Waals surface area contributed by atoms with Gasteiger partial charge in [-0.1, -0.05) is 6.07 Å². The molecule has 2 rings (SSSR count). The zero-order chi connectivity index (χ0) is 13.2. The second kappa shape index (κ2) is 5.24. The van der Waals surface area contributed by atoms with Crippen LogP contribution in [0.5, 0.6) is 5.75 Å². The van der Waals surface area contributed by atoms with Gasteiger partial charge in [-0.15, -0.1) is 0 Å². The maximum absolute atomic E-state index is 13.5. The number of ether oxygens (including phenoxy) is 1. The molecule has 0 radical (unpaired) electrons. The summed E-state index contributed by atoms with van der Waals surface area (Å²) in [6.07, 6.45) is 1.09. The van der Waals surface area contributed by atoms with E-state index in [2.05, 4.69) is 24.5 Å². The fourth-order valence-corrected chi connectivity index (χ4v) is 2.39. The first kappa shape index (κ1) is 13.3. The van der Waals surface area contributed by atoms with E-state index in [4.69, 9.17) is 4.74 Å². The fraction of sp³-hybridized carbons (Fsp3) is 0.571. The zero-order valence-electron chi connectivity index (χ0n) is 11.2. The van der Waals surface area contributed by atoms with Crippen LogP contribution >= 0.6 is 0 Å². The highest BCUT2D eigenvalue weighted by molar-refractivity contribution is 5.29. The Morgan fingerprint density at radius 2 is 2.28 bits per heavy atom. The maximum Gasteiger partial charge on any atom is 0.165 e. The smallest absolute Gasteiger partial charge is 0.165 e. The summed E-state index contributed by atoms with van der Waals surface area (Å²) in [4.78, 5) is 0. The molecule has 0 aromatic heterocycles. The van der Waals surface area contributed by atoms with Crippen LogP contribution in [0.3, 0.4) is 0 Å². The molecule has 2 N–H and O–H groups in total. The molecular weight excluding hydrogens is 231 g/mol. The second-order valence-corrected chi connectivity index (χ2v) is 5.52. The fourth-order valence-electron chi connectivity index (χ4n) is 2.39. The largest absolute Gasteiger partial charge is 0.494 e. The van der Waals surface area contributed by atoms with Crippen LogP contribution in [-0.4, -0.2) is 25.2 Å². The van der Waals surface area contributed by atoms with Gasteiger partial charge in [-0.2, -0.15) is 0 Å². The number of hydrogen-bond donors (Lipinski definition) is 2. The monoisotopic (exact) mass is 252 g/mol. The van der Waals surface area contributed by atoms with Gasteiger partial charge in [0.15, 0.2) is 11.6 Å². The van der Waals surface area contributed by atoms with E-state index in [0.717, 1.165) is 18.5 Å². The number of hydrogen-bond acceptors (Lipinski definition) is 3. The predicted octanol–water partition coefficient (Wildman–Crippen LogP) is 2.06. The molecule has 1 aliphatic rings. The van der Waals surface area contributed by atoms with Gasteiger partial charge in [0.25, 0.3) is 0 Å². The average molecular weight is 252 g/mol. The Labute approximate surface area is 108 Å². The maximum atomic E-state index is 13.5. The summed E-state index contributed by atoms with van der Waals surface area (Å²) < 4.78 is 18.4. The third-order valence-corrected chi connectivity index (χ3v) is 3.39. The Morgan fingerprint density at radius 1 is 1.50 bits per heavy atom. The minimum Gasteiger partial charge on any atom is -0.494 e. The van der Waals surface area contributed by atoms with E-state index in [0.29, 0.717) is 18.3 Å². The van der Waals surface area contributed by atoms with Crippen LogP contribution in [0, 0.1) is 5.82 Å². The van der Waals surface area contributed by atoms with E-state index >= 15 is 0 Å². The van der Waals surface area contributed by atoms with Crippen LogP contribution in [0.2, 0.25) is 0 Å². The molecule has 0 amide bonds. The number of halogens is 1. The van der Waals surface area contributed by atoms with Gasteiger partial charge in [-0.05, 0) is 38.0 Å². The lowest BCUT2D eigenvalue weighted by Crippen LogP contribution is -2.31. The molecule has 1 unspecified atom stereocenters. The predicted molar refractivity (Wildman–Crippen MR) is 70.3 cm³/mol. The summed E-state index contributed by atoms with van der Waals surface area (Å²) in [6, 6.07) is 5.54. The molecule has 0 saturated carbocycles. The van der Waals surface area contributed by atoms with Gasteiger partial charge >= 0.3 is 0 Å². The summed E-state index contributed by atoms with van der Waals surface area (Å²) in [5.74, 6) is -0.0101. The van der Waals surface area contributed by atoms with Crippen molar-refractivity contribution in [2.45, 2.75) is 38.4 Å². The molecule has 1 aliphatic heterocycles. The molecule has 3 nitrogen and oxygen atoms in total. The lowest BCUT2D eigenvalue weighted by atomic mass is 10.0. The molecular formula is C14H21FN2O. The number of benzene rings is 1. The lowest BCUT2D eigenvalue weighted by Gasteiger charge is -2.17. The minimum absolute atomic E-state index is 0.197. The molecule has 0 aliphatic carbocycles. The Bertz CT molecular complexity index is 420. The highest BCUT2D eigenvalue weighted by Gasteiger charge is 2.29. The van der Waals surface area contributed by atoms with E-state index < -0.39 is 0 Å². The summed E-state index contributed by atoms with van der Waals surface area (Å²) in [7, 11) is 1.47. The molecule has 18 heavy (non-hydrogen) atoms. The molecule has 0 bridgehead atoms. The molecule has 1 atom stereocenters. The molecule has 1 fully saturated rings. The van der Waals surface area contributed by atoms with Crippen molar-refractivity contribution < 1.29 is 9.13 Å². The Kier molecular flexibility index (Phi) is 3.88. The lowest BCUT2D eigenvalue weighted by molar-refractivity contribution is 0.386. The average Bonchev–Trinajstić information content (AvgIpc) is 2.66. The number of nitrogens with one attached hydrogen (secondary N) is 2. The molecule has 1 aromatic rings. The van der Waals surface area contributed by atoms with Crippen LogP contribution < -0.4 is 15.4 Å².